The molecule has 0 spiro atoms. The van der Waals surface area contributed by atoms with Crippen molar-refractivity contribution in [2.45, 2.75) is 58.7 Å². The summed E-state index contributed by atoms with van der Waals surface area (Å²) in [6.07, 6.45) is 2.88. The first kappa shape index (κ1) is 26.0. The highest BCUT2D eigenvalue weighted by Crippen LogP contribution is 2.36. The predicted octanol–water partition coefficient (Wildman–Crippen LogP) is 4.61. The molecule has 3 heterocycles. The van der Waals surface area contributed by atoms with Gasteiger partial charge in [-0.15, -0.1) is 0 Å². The maximum atomic E-state index is 14.0. The van der Waals surface area contributed by atoms with E-state index in [1.807, 2.05) is 6.92 Å². The lowest BCUT2D eigenvalue weighted by Gasteiger charge is -2.36. The van der Waals surface area contributed by atoms with Crippen molar-refractivity contribution in [3.63, 3.8) is 0 Å². The molecule has 0 fully saturated rings. The first-order valence-electron chi connectivity index (χ1n) is 11.1. The van der Waals surface area contributed by atoms with Crippen molar-refractivity contribution in [1.29, 1.82) is 0 Å². The second kappa shape index (κ2) is 9.97. The number of halogens is 2. The zero-order valence-electron chi connectivity index (χ0n) is 20.3. The van der Waals surface area contributed by atoms with Gasteiger partial charge >= 0.3 is 5.69 Å². The number of pyridine rings is 2. The SMILES string of the molecule is CCCc1nccc(OCCO[Si](C)(C)C(C)(C)C)c1-n1c(=O)[nH]c(=O)c2cc(F)c(Cl)nc21. The van der Waals surface area contributed by atoms with Crippen molar-refractivity contribution in [2.24, 2.45) is 0 Å². The number of aromatic amines is 1. The summed E-state index contributed by atoms with van der Waals surface area (Å²) in [5.41, 5.74) is -0.681. The van der Waals surface area contributed by atoms with Gasteiger partial charge in [0.05, 0.1) is 17.7 Å². The highest BCUT2D eigenvalue weighted by Gasteiger charge is 2.37. The van der Waals surface area contributed by atoms with Gasteiger partial charge in [-0.1, -0.05) is 45.7 Å². The van der Waals surface area contributed by atoms with E-state index >= 15 is 0 Å². The van der Waals surface area contributed by atoms with E-state index in [4.69, 9.17) is 20.8 Å². The van der Waals surface area contributed by atoms with Crippen LogP contribution in [0, 0.1) is 5.82 Å². The Morgan fingerprint density at radius 1 is 1.24 bits per heavy atom. The standard InChI is InChI=1S/C23H30ClFN4O4Si/c1-7-8-16-18(17(9-10-26-16)32-11-12-33-34(5,6)23(2,3)4)29-20-14(21(30)28-22(29)31)13-15(25)19(24)27-20/h9-10,13H,7-8,11-12H2,1-6H3,(H,28,30,31). The van der Waals surface area contributed by atoms with E-state index in [2.05, 4.69) is 48.8 Å². The third-order valence-corrected chi connectivity index (χ3v) is 10.9. The van der Waals surface area contributed by atoms with E-state index in [1.54, 1.807) is 12.3 Å². The third kappa shape index (κ3) is 5.23. The Balaban J connectivity index is 2.09. The zero-order valence-corrected chi connectivity index (χ0v) is 22.0. The van der Waals surface area contributed by atoms with Crippen LogP contribution in [0.3, 0.4) is 0 Å². The van der Waals surface area contributed by atoms with Crippen LogP contribution in [0.25, 0.3) is 16.7 Å². The van der Waals surface area contributed by atoms with Gasteiger partial charge in [0.15, 0.2) is 24.9 Å². The fourth-order valence-electron chi connectivity index (χ4n) is 3.24. The topological polar surface area (TPSA) is 99.1 Å². The first-order chi connectivity index (χ1) is 15.9. The first-order valence-corrected chi connectivity index (χ1v) is 14.4. The summed E-state index contributed by atoms with van der Waals surface area (Å²) in [7, 11) is -1.95. The molecule has 0 unspecified atom stereocenters. The quantitative estimate of drug-likeness (QED) is 0.271. The molecule has 3 aromatic heterocycles. The summed E-state index contributed by atoms with van der Waals surface area (Å²) >= 11 is 5.90. The Kier molecular flexibility index (Phi) is 7.64. The lowest BCUT2D eigenvalue weighted by Crippen LogP contribution is -2.41. The van der Waals surface area contributed by atoms with Crippen LogP contribution < -0.4 is 16.0 Å². The fourth-order valence-corrected chi connectivity index (χ4v) is 4.40. The van der Waals surface area contributed by atoms with Crippen molar-refractivity contribution in [3.8, 4) is 11.4 Å². The number of rotatable bonds is 8. The number of aromatic nitrogens is 4. The lowest BCUT2D eigenvalue weighted by atomic mass is 10.1. The molecular weight excluding hydrogens is 479 g/mol. The van der Waals surface area contributed by atoms with Crippen molar-refractivity contribution < 1.29 is 13.6 Å². The van der Waals surface area contributed by atoms with Gasteiger partial charge in [-0.2, -0.15) is 0 Å². The van der Waals surface area contributed by atoms with Gasteiger partial charge in [-0.3, -0.25) is 14.8 Å². The molecule has 0 saturated heterocycles. The molecule has 0 aromatic carbocycles. The molecular formula is C23H30ClFN4O4Si. The van der Waals surface area contributed by atoms with E-state index in [0.717, 1.165) is 12.5 Å². The van der Waals surface area contributed by atoms with Crippen LogP contribution in [0.2, 0.25) is 23.3 Å². The molecule has 0 aliphatic rings. The van der Waals surface area contributed by atoms with Gasteiger partial charge in [0, 0.05) is 12.3 Å². The van der Waals surface area contributed by atoms with Crippen molar-refractivity contribution in [2.75, 3.05) is 13.2 Å². The van der Waals surface area contributed by atoms with Crippen molar-refractivity contribution >= 4 is 31.0 Å². The van der Waals surface area contributed by atoms with Gasteiger partial charge in [0.1, 0.15) is 18.0 Å². The average molecular weight is 509 g/mol. The molecule has 34 heavy (non-hydrogen) atoms. The third-order valence-electron chi connectivity index (χ3n) is 6.08. The van der Waals surface area contributed by atoms with E-state index in [9.17, 15) is 14.0 Å². The zero-order chi connectivity index (χ0) is 25.3. The number of aryl methyl sites for hydroxylation is 1. The monoisotopic (exact) mass is 508 g/mol. The Bertz CT molecular complexity index is 1320. The Morgan fingerprint density at radius 2 is 1.94 bits per heavy atom. The number of H-pyrrole nitrogens is 1. The maximum Gasteiger partial charge on any atom is 0.334 e. The van der Waals surface area contributed by atoms with Crippen molar-refractivity contribution in [3.05, 3.63) is 55.8 Å². The average Bonchev–Trinajstić information content (AvgIpc) is 2.73. The predicted molar refractivity (Wildman–Crippen MR) is 133 cm³/mol. The summed E-state index contributed by atoms with van der Waals surface area (Å²) in [4.78, 5) is 36.0. The Morgan fingerprint density at radius 3 is 2.59 bits per heavy atom. The Labute approximate surface area is 203 Å². The molecule has 3 rings (SSSR count). The van der Waals surface area contributed by atoms with E-state index in [0.29, 0.717) is 30.2 Å². The number of hydrogen-bond acceptors (Lipinski definition) is 6. The number of nitrogens with one attached hydrogen (secondary N) is 1. The van der Waals surface area contributed by atoms with Gasteiger partial charge < -0.3 is 9.16 Å². The summed E-state index contributed by atoms with van der Waals surface area (Å²) in [6, 6.07) is 2.60. The molecule has 0 aliphatic heterocycles. The summed E-state index contributed by atoms with van der Waals surface area (Å²) in [5.74, 6) is -0.487. The molecule has 0 radical (unpaired) electrons. The van der Waals surface area contributed by atoms with Crippen LogP contribution in [0.15, 0.2) is 27.9 Å². The van der Waals surface area contributed by atoms with Crippen LogP contribution in [0.4, 0.5) is 4.39 Å². The molecule has 0 atom stereocenters. The largest absolute Gasteiger partial charge is 0.489 e. The van der Waals surface area contributed by atoms with Crippen LogP contribution >= 0.6 is 11.6 Å². The lowest BCUT2D eigenvalue weighted by molar-refractivity contribution is 0.203. The second-order valence-corrected chi connectivity index (χ2v) is 14.7. The Hall–Kier alpha value is -2.56. The minimum Gasteiger partial charge on any atom is -0.489 e. The molecule has 8 nitrogen and oxygen atoms in total. The second-order valence-electron chi connectivity index (χ2n) is 9.54. The fraction of sp³-hybridized carbons (Fsp3) is 0.478. The summed E-state index contributed by atoms with van der Waals surface area (Å²) in [6.45, 7) is 13.4. The van der Waals surface area contributed by atoms with E-state index in [1.165, 1.54) is 4.57 Å². The van der Waals surface area contributed by atoms with Crippen LogP contribution in [0.5, 0.6) is 5.75 Å². The summed E-state index contributed by atoms with van der Waals surface area (Å²) < 4.78 is 27.5. The number of nitrogens with zero attached hydrogens (tertiary/aromatic N) is 3. The minimum absolute atomic E-state index is 0.0610. The normalized spacial score (nSPS) is 12.4. The van der Waals surface area contributed by atoms with Gasteiger partial charge in [-0.25, -0.2) is 18.7 Å². The smallest absolute Gasteiger partial charge is 0.334 e. The molecule has 184 valence electrons. The maximum absolute atomic E-state index is 14.0. The highest BCUT2D eigenvalue weighted by atomic mass is 35.5. The molecule has 11 heteroatoms. The van der Waals surface area contributed by atoms with Gasteiger partial charge in [0.25, 0.3) is 5.56 Å². The molecule has 0 bridgehead atoms. The number of ether oxygens (including phenoxy) is 1. The van der Waals surface area contributed by atoms with Gasteiger partial charge in [-0.05, 0) is 30.6 Å². The van der Waals surface area contributed by atoms with E-state index < -0.39 is 30.5 Å². The minimum atomic E-state index is -1.95. The molecule has 0 saturated carbocycles. The molecule has 0 amide bonds. The molecule has 1 N–H and O–H groups in total. The molecule has 3 aromatic rings. The van der Waals surface area contributed by atoms with E-state index in [-0.39, 0.29) is 22.7 Å². The van der Waals surface area contributed by atoms with Crippen molar-refractivity contribution in [1.82, 2.24) is 19.5 Å². The number of hydrogen-bond donors (Lipinski definition) is 1. The van der Waals surface area contributed by atoms with Crippen LogP contribution in [-0.2, 0) is 10.8 Å². The molecule has 0 aliphatic carbocycles. The highest BCUT2D eigenvalue weighted by molar-refractivity contribution is 6.74. The summed E-state index contributed by atoms with van der Waals surface area (Å²) in [5, 5.41) is -0.497. The van der Waals surface area contributed by atoms with Crippen LogP contribution in [-0.4, -0.2) is 41.1 Å². The van der Waals surface area contributed by atoms with Crippen LogP contribution in [0.1, 0.15) is 39.8 Å². The van der Waals surface area contributed by atoms with Gasteiger partial charge in [0.2, 0.25) is 0 Å². The number of fused-ring (bicyclic) bond motifs is 1.